The van der Waals surface area contributed by atoms with Crippen LogP contribution >= 0.6 is 0 Å². The SMILES string of the molecule is Oc1ccccc1C1(O)Oc2ccccc2CC1O. The van der Waals surface area contributed by atoms with Gasteiger partial charge in [-0.15, -0.1) is 0 Å². The molecule has 0 aromatic heterocycles. The topological polar surface area (TPSA) is 69.9 Å². The van der Waals surface area contributed by atoms with E-state index in [1.165, 1.54) is 12.1 Å². The Hall–Kier alpha value is -2.04. The van der Waals surface area contributed by atoms with Crippen LogP contribution in [0.15, 0.2) is 48.5 Å². The molecule has 0 saturated carbocycles. The van der Waals surface area contributed by atoms with E-state index in [1.54, 1.807) is 24.3 Å². The van der Waals surface area contributed by atoms with E-state index in [1.807, 2.05) is 12.1 Å². The van der Waals surface area contributed by atoms with Gasteiger partial charge in [0.2, 0.25) is 0 Å². The molecular formula is C15H14O4. The van der Waals surface area contributed by atoms with Crippen molar-refractivity contribution in [3.05, 3.63) is 59.7 Å². The number of aliphatic hydroxyl groups is 2. The number of rotatable bonds is 1. The molecule has 1 heterocycles. The van der Waals surface area contributed by atoms with Crippen LogP contribution in [0.3, 0.4) is 0 Å². The van der Waals surface area contributed by atoms with E-state index < -0.39 is 11.9 Å². The summed E-state index contributed by atoms with van der Waals surface area (Å²) in [5.74, 6) is -1.53. The van der Waals surface area contributed by atoms with Gasteiger partial charge in [0.05, 0.1) is 5.56 Å². The van der Waals surface area contributed by atoms with E-state index >= 15 is 0 Å². The van der Waals surface area contributed by atoms with Gasteiger partial charge in [-0.1, -0.05) is 30.3 Å². The average Bonchev–Trinajstić information content (AvgIpc) is 2.40. The van der Waals surface area contributed by atoms with Crippen molar-refractivity contribution >= 4 is 0 Å². The molecule has 0 saturated heterocycles. The molecule has 0 fully saturated rings. The monoisotopic (exact) mass is 258 g/mol. The molecule has 4 nitrogen and oxygen atoms in total. The van der Waals surface area contributed by atoms with Gasteiger partial charge in [0.15, 0.2) is 0 Å². The Morgan fingerprint density at radius 2 is 1.74 bits per heavy atom. The van der Waals surface area contributed by atoms with Gasteiger partial charge >= 0.3 is 0 Å². The van der Waals surface area contributed by atoms with Crippen LogP contribution in [0, 0.1) is 0 Å². The van der Waals surface area contributed by atoms with E-state index in [-0.39, 0.29) is 17.7 Å². The van der Waals surface area contributed by atoms with E-state index in [9.17, 15) is 15.3 Å². The second kappa shape index (κ2) is 4.26. The van der Waals surface area contributed by atoms with Crippen LogP contribution < -0.4 is 4.74 Å². The Morgan fingerprint density at radius 1 is 1.05 bits per heavy atom. The number of phenolic OH excluding ortho intramolecular Hbond substituents is 1. The molecule has 4 heteroatoms. The Labute approximate surface area is 110 Å². The Kier molecular flexibility index (Phi) is 2.69. The van der Waals surface area contributed by atoms with Crippen molar-refractivity contribution < 1.29 is 20.1 Å². The molecule has 2 atom stereocenters. The Bertz CT molecular complexity index is 611. The fourth-order valence-corrected chi connectivity index (χ4v) is 2.37. The lowest BCUT2D eigenvalue weighted by Crippen LogP contribution is -2.48. The zero-order valence-corrected chi connectivity index (χ0v) is 10.2. The molecule has 0 radical (unpaired) electrons. The highest BCUT2D eigenvalue weighted by atomic mass is 16.6. The molecule has 2 aromatic carbocycles. The van der Waals surface area contributed by atoms with Gasteiger partial charge in [-0.25, -0.2) is 0 Å². The normalized spacial score (nSPS) is 25.5. The van der Waals surface area contributed by atoms with E-state index in [2.05, 4.69) is 0 Å². The summed E-state index contributed by atoms with van der Waals surface area (Å²) in [6.07, 6.45) is -0.878. The van der Waals surface area contributed by atoms with E-state index in [0.29, 0.717) is 5.75 Å². The molecule has 0 aliphatic carbocycles. The molecule has 19 heavy (non-hydrogen) atoms. The summed E-state index contributed by atoms with van der Waals surface area (Å²) in [6.45, 7) is 0. The molecule has 3 rings (SSSR count). The van der Waals surface area contributed by atoms with Gasteiger partial charge in [-0.05, 0) is 23.8 Å². The third kappa shape index (κ3) is 1.85. The van der Waals surface area contributed by atoms with Crippen LogP contribution in [0.2, 0.25) is 0 Å². The maximum atomic E-state index is 10.6. The summed E-state index contributed by atoms with van der Waals surface area (Å²) in [5, 5.41) is 30.6. The van der Waals surface area contributed by atoms with Gasteiger partial charge in [0, 0.05) is 6.42 Å². The van der Waals surface area contributed by atoms with Gasteiger partial charge in [-0.3, -0.25) is 0 Å². The predicted octanol–water partition coefficient (Wildman–Crippen LogP) is 1.53. The first kappa shape index (κ1) is 12.0. The quantitative estimate of drug-likeness (QED) is 0.725. The minimum atomic E-state index is -1.93. The highest BCUT2D eigenvalue weighted by molar-refractivity contribution is 5.42. The minimum absolute atomic E-state index is 0.108. The molecule has 98 valence electrons. The first-order valence-electron chi connectivity index (χ1n) is 6.07. The van der Waals surface area contributed by atoms with Crippen molar-refractivity contribution in [2.24, 2.45) is 0 Å². The molecule has 0 amide bonds. The number of phenols is 1. The summed E-state index contributed by atoms with van der Waals surface area (Å²) >= 11 is 0. The molecule has 0 spiro atoms. The van der Waals surface area contributed by atoms with Crippen LogP contribution in [-0.2, 0) is 12.2 Å². The van der Waals surface area contributed by atoms with Gasteiger partial charge < -0.3 is 20.1 Å². The first-order valence-corrected chi connectivity index (χ1v) is 6.07. The average molecular weight is 258 g/mol. The summed E-state index contributed by atoms with van der Waals surface area (Å²) in [4.78, 5) is 0. The summed E-state index contributed by atoms with van der Waals surface area (Å²) in [7, 11) is 0. The lowest BCUT2D eigenvalue weighted by atomic mass is 9.91. The largest absolute Gasteiger partial charge is 0.507 e. The zero-order valence-electron chi connectivity index (χ0n) is 10.2. The predicted molar refractivity (Wildman–Crippen MR) is 68.8 cm³/mol. The molecular weight excluding hydrogens is 244 g/mol. The number of hydrogen-bond donors (Lipinski definition) is 3. The van der Waals surface area contributed by atoms with Crippen LogP contribution in [0.1, 0.15) is 11.1 Å². The second-order valence-electron chi connectivity index (χ2n) is 4.64. The van der Waals surface area contributed by atoms with Crippen molar-refractivity contribution in [1.29, 1.82) is 0 Å². The molecule has 2 unspecified atom stereocenters. The van der Waals surface area contributed by atoms with Crippen molar-refractivity contribution in [2.45, 2.75) is 18.3 Å². The van der Waals surface area contributed by atoms with Gasteiger partial charge in [0.25, 0.3) is 5.79 Å². The van der Waals surface area contributed by atoms with Gasteiger partial charge in [0.1, 0.15) is 17.6 Å². The lowest BCUT2D eigenvalue weighted by Gasteiger charge is -2.38. The third-order valence-electron chi connectivity index (χ3n) is 3.39. The van der Waals surface area contributed by atoms with Gasteiger partial charge in [-0.2, -0.15) is 0 Å². The van der Waals surface area contributed by atoms with Crippen LogP contribution in [-0.4, -0.2) is 21.4 Å². The first-order chi connectivity index (χ1) is 9.11. The van der Waals surface area contributed by atoms with Crippen molar-refractivity contribution in [1.82, 2.24) is 0 Å². The summed E-state index contributed by atoms with van der Waals surface area (Å²) in [5.41, 5.74) is 0.993. The second-order valence-corrected chi connectivity index (χ2v) is 4.64. The summed E-state index contributed by atoms with van der Waals surface area (Å²) < 4.78 is 5.54. The number of aliphatic hydroxyl groups excluding tert-OH is 1. The van der Waals surface area contributed by atoms with Crippen molar-refractivity contribution in [3.8, 4) is 11.5 Å². The molecule has 3 N–H and O–H groups in total. The maximum Gasteiger partial charge on any atom is 0.265 e. The maximum absolute atomic E-state index is 10.6. The lowest BCUT2D eigenvalue weighted by molar-refractivity contribution is -0.223. The fourth-order valence-electron chi connectivity index (χ4n) is 2.37. The number of benzene rings is 2. The van der Waals surface area contributed by atoms with Crippen molar-refractivity contribution in [2.75, 3.05) is 0 Å². The molecule has 1 aliphatic rings. The molecule has 2 aromatic rings. The standard InChI is InChI=1S/C15H14O4/c16-12-7-3-2-6-11(12)15(18)14(17)9-10-5-1-4-8-13(10)19-15/h1-8,14,16-18H,9H2. The highest BCUT2D eigenvalue weighted by Gasteiger charge is 2.45. The highest BCUT2D eigenvalue weighted by Crippen LogP contribution is 2.40. The number of fused-ring (bicyclic) bond motifs is 1. The zero-order chi connectivity index (χ0) is 13.5. The van der Waals surface area contributed by atoms with Crippen LogP contribution in [0.25, 0.3) is 0 Å². The molecule has 0 bridgehead atoms. The van der Waals surface area contributed by atoms with Crippen molar-refractivity contribution in [3.63, 3.8) is 0 Å². The third-order valence-corrected chi connectivity index (χ3v) is 3.39. The van der Waals surface area contributed by atoms with E-state index in [0.717, 1.165) is 5.56 Å². The summed E-state index contributed by atoms with van der Waals surface area (Å²) in [6, 6.07) is 13.5. The van der Waals surface area contributed by atoms with Crippen LogP contribution in [0.5, 0.6) is 11.5 Å². The Balaban J connectivity index is 2.08. The number of para-hydroxylation sites is 2. The Morgan fingerprint density at radius 3 is 2.53 bits per heavy atom. The fraction of sp³-hybridized carbons (Fsp3) is 0.200. The van der Waals surface area contributed by atoms with E-state index in [4.69, 9.17) is 4.74 Å². The van der Waals surface area contributed by atoms with Crippen LogP contribution in [0.4, 0.5) is 0 Å². The number of hydrogen-bond acceptors (Lipinski definition) is 4. The molecule has 1 aliphatic heterocycles. The number of ether oxygens (including phenoxy) is 1. The number of aromatic hydroxyl groups is 1. The minimum Gasteiger partial charge on any atom is -0.507 e. The smallest absolute Gasteiger partial charge is 0.265 e.